The number of rotatable bonds is 6. The van der Waals surface area contributed by atoms with Crippen LogP contribution >= 0.6 is 0 Å². The molecule has 0 N–H and O–H groups in total. The topological polar surface area (TPSA) is 90.7 Å². The number of nitrogens with zero attached hydrogens (tertiary/aromatic N) is 3. The summed E-state index contributed by atoms with van der Waals surface area (Å²) in [6.45, 7) is 3.85. The Hall–Kier alpha value is -2.89. The van der Waals surface area contributed by atoms with Gasteiger partial charge in [-0.05, 0) is 62.4 Å². The minimum absolute atomic E-state index is 0.0346. The van der Waals surface area contributed by atoms with Crippen molar-refractivity contribution in [3.63, 3.8) is 0 Å². The van der Waals surface area contributed by atoms with Crippen LogP contribution in [0, 0.1) is 17.2 Å². The average Bonchev–Trinajstić information content (AvgIpc) is 3.34. The minimum Gasteiger partial charge on any atom is -0.494 e. The summed E-state index contributed by atoms with van der Waals surface area (Å²) >= 11 is 0. The number of likely N-dealkylation sites (tertiary alicyclic amines) is 1. The highest BCUT2D eigenvalue weighted by atomic mass is 32.2. The lowest BCUT2D eigenvalue weighted by atomic mass is 9.95. The van der Waals surface area contributed by atoms with Crippen molar-refractivity contribution in [2.75, 3.05) is 26.2 Å². The maximum atomic E-state index is 13.4. The lowest BCUT2D eigenvalue weighted by Crippen LogP contribution is -2.44. The van der Waals surface area contributed by atoms with Gasteiger partial charge < -0.3 is 9.64 Å². The zero-order chi connectivity index (χ0) is 23.4. The maximum absolute atomic E-state index is 13.4. The number of carbonyl (C=O) groups excluding carboxylic acids is 1. The monoisotopic (exact) mass is 467 g/mol. The summed E-state index contributed by atoms with van der Waals surface area (Å²) in [5.41, 5.74) is 1.25. The van der Waals surface area contributed by atoms with E-state index < -0.39 is 10.0 Å². The summed E-state index contributed by atoms with van der Waals surface area (Å²) in [4.78, 5) is 15.4. The summed E-state index contributed by atoms with van der Waals surface area (Å²) in [6.07, 6.45) is 2.86. The summed E-state index contributed by atoms with van der Waals surface area (Å²) in [5.74, 6) is 0.746. The van der Waals surface area contributed by atoms with E-state index in [9.17, 15) is 18.5 Å². The molecule has 2 aliphatic rings. The number of nitriles is 1. The van der Waals surface area contributed by atoms with E-state index in [0.717, 1.165) is 30.7 Å². The normalized spacial score (nSPS) is 19.9. The quantitative estimate of drug-likeness (QED) is 0.646. The average molecular weight is 468 g/mol. The summed E-state index contributed by atoms with van der Waals surface area (Å²) < 4.78 is 33.1. The summed E-state index contributed by atoms with van der Waals surface area (Å²) in [7, 11) is -3.76. The second-order valence-electron chi connectivity index (χ2n) is 8.48. The van der Waals surface area contributed by atoms with Crippen LogP contribution in [0.2, 0.25) is 0 Å². The molecule has 7 nitrogen and oxygen atoms in total. The Bertz CT molecular complexity index is 1130. The van der Waals surface area contributed by atoms with Gasteiger partial charge in [0.25, 0.3) is 0 Å². The molecule has 2 aromatic carbocycles. The molecule has 33 heavy (non-hydrogen) atoms. The lowest BCUT2D eigenvalue weighted by molar-refractivity contribution is -0.137. The third kappa shape index (κ3) is 4.75. The summed E-state index contributed by atoms with van der Waals surface area (Å²) in [5, 5.41) is 9.29. The van der Waals surface area contributed by atoms with Crippen molar-refractivity contribution in [2.45, 2.75) is 43.5 Å². The molecule has 1 atom stereocenters. The third-order valence-electron chi connectivity index (χ3n) is 6.54. The molecule has 2 heterocycles. The van der Waals surface area contributed by atoms with E-state index in [2.05, 4.69) is 0 Å². The smallest absolute Gasteiger partial charge is 0.244 e. The molecular formula is C25H29N3O4S. The molecule has 1 amide bonds. The van der Waals surface area contributed by atoms with E-state index in [1.165, 1.54) is 16.4 Å². The Morgan fingerprint density at radius 3 is 2.42 bits per heavy atom. The number of amides is 1. The number of hydrogen-bond donors (Lipinski definition) is 0. The Morgan fingerprint density at radius 1 is 1.06 bits per heavy atom. The minimum atomic E-state index is -3.76. The number of sulfonamides is 1. The molecule has 8 heteroatoms. The number of piperidine rings is 1. The van der Waals surface area contributed by atoms with Crippen molar-refractivity contribution < 1.29 is 17.9 Å². The summed E-state index contributed by atoms with van der Waals surface area (Å²) in [6, 6.07) is 16.2. The first-order valence-corrected chi connectivity index (χ1v) is 12.9. The second-order valence-corrected chi connectivity index (χ2v) is 10.4. The highest BCUT2D eigenvalue weighted by molar-refractivity contribution is 7.89. The van der Waals surface area contributed by atoms with Gasteiger partial charge >= 0.3 is 0 Å². The Labute approximate surface area is 195 Å². The van der Waals surface area contributed by atoms with Crippen LogP contribution in [0.4, 0.5) is 0 Å². The van der Waals surface area contributed by atoms with Crippen molar-refractivity contribution in [3.8, 4) is 11.8 Å². The van der Waals surface area contributed by atoms with Gasteiger partial charge in [-0.2, -0.15) is 9.57 Å². The fourth-order valence-corrected chi connectivity index (χ4v) is 6.44. The molecule has 0 saturated carbocycles. The fourth-order valence-electron chi connectivity index (χ4n) is 4.83. The van der Waals surface area contributed by atoms with Crippen LogP contribution in [0.3, 0.4) is 0 Å². The Morgan fingerprint density at radius 2 is 1.76 bits per heavy atom. The number of benzene rings is 2. The molecule has 0 aliphatic carbocycles. The predicted octanol–water partition coefficient (Wildman–Crippen LogP) is 3.72. The number of carbonyl (C=O) groups is 1. The third-order valence-corrected chi connectivity index (χ3v) is 8.50. The second kappa shape index (κ2) is 9.94. The SMILES string of the molecule is CCOc1ccc([C@@H]2CCCN2C(=O)C2CCN(S(=O)(=O)c3ccccc3C#N)CC2)cc1. The molecule has 2 fully saturated rings. The molecule has 0 spiro atoms. The lowest BCUT2D eigenvalue weighted by Gasteiger charge is -2.34. The number of ether oxygens (including phenoxy) is 1. The van der Waals surface area contributed by atoms with Crippen molar-refractivity contribution in [2.24, 2.45) is 5.92 Å². The van der Waals surface area contributed by atoms with E-state index in [1.54, 1.807) is 12.1 Å². The zero-order valence-electron chi connectivity index (χ0n) is 18.8. The van der Waals surface area contributed by atoms with E-state index in [1.807, 2.05) is 42.2 Å². The van der Waals surface area contributed by atoms with E-state index in [4.69, 9.17) is 4.74 Å². The highest BCUT2D eigenvalue weighted by Crippen LogP contribution is 2.36. The molecule has 2 aromatic rings. The molecule has 4 rings (SSSR count). The molecule has 0 bridgehead atoms. The zero-order valence-corrected chi connectivity index (χ0v) is 19.6. The standard InChI is InChI=1S/C25H29N3O4S/c1-2-32-22-11-9-19(10-12-22)23-7-5-15-28(23)25(29)20-13-16-27(17-14-20)33(30,31)24-8-4-3-6-21(24)18-26/h3-4,6,8-12,20,23H,2,5,7,13-17H2,1H3/t23-/m0/s1. The van der Waals surface area contributed by atoms with Crippen molar-refractivity contribution in [3.05, 3.63) is 59.7 Å². The van der Waals surface area contributed by atoms with Crippen LogP contribution in [0.15, 0.2) is 53.4 Å². The van der Waals surface area contributed by atoms with Crippen molar-refractivity contribution in [1.29, 1.82) is 5.26 Å². The molecular weight excluding hydrogens is 438 g/mol. The molecule has 2 saturated heterocycles. The van der Waals surface area contributed by atoms with Gasteiger partial charge in [-0.15, -0.1) is 0 Å². The van der Waals surface area contributed by atoms with Gasteiger partial charge in [0.2, 0.25) is 15.9 Å². The van der Waals surface area contributed by atoms with E-state index in [0.29, 0.717) is 19.4 Å². The van der Waals surface area contributed by atoms with Gasteiger partial charge in [0.05, 0.1) is 23.1 Å². The van der Waals surface area contributed by atoms with Gasteiger partial charge in [-0.1, -0.05) is 24.3 Å². The predicted molar refractivity (Wildman–Crippen MR) is 124 cm³/mol. The van der Waals surface area contributed by atoms with Gasteiger partial charge in [-0.25, -0.2) is 8.42 Å². The highest BCUT2D eigenvalue weighted by Gasteiger charge is 2.38. The molecule has 0 unspecified atom stereocenters. The van der Waals surface area contributed by atoms with Crippen molar-refractivity contribution >= 4 is 15.9 Å². The van der Waals surface area contributed by atoms with Crippen LogP contribution in [0.5, 0.6) is 5.75 Å². The Kier molecular flexibility index (Phi) is 7.01. The first-order valence-electron chi connectivity index (χ1n) is 11.5. The molecule has 2 aliphatic heterocycles. The van der Waals surface area contributed by atoms with Gasteiger partial charge in [0.1, 0.15) is 11.8 Å². The first kappa shape index (κ1) is 23.3. The van der Waals surface area contributed by atoms with Crippen molar-refractivity contribution in [1.82, 2.24) is 9.21 Å². The van der Waals surface area contributed by atoms with Crippen LogP contribution in [-0.4, -0.2) is 49.8 Å². The van der Waals surface area contributed by atoms with Crippen LogP contribution in [0.25, 0.3) is 0 Å². The molecule has 0 aromatic heterocycles. The van der Waals surface area contributed by atoms with E-state index in [-0.39, 0.29) is 41.4 Å². The van der Waals surface area contributed by atoms with E-state index >= 15 is 0 Å². The number of hydrogen-bond acceptors (Lipinski definition) is 5. The van der Waals surface area contributed by atoms with Crippen LogP contribution in [-0.2, 0) is 14.8 Å². The van der Waals surface area contributed by atoms with Gasteiger partial charge in [-0.3, -0.25) is 4.79 Å². The molecule has 174 valence electrons. The fraction of sp³-hybridized carbons (Fsp3) is 0.440. The van der Waals surface area contributed by atoms with Crippen LogP contribution < -0.4 is 4.74 Å². The maximum Gasteiger partial charge on any atom is 0.244 e. The first-order chi connectivity index (χ1) is 16.0. The Balaban J connectivity index is 1.42. The molecule has 0 radical (unpaired) electrons. The largest absolute Gasteiger partial charge is 0.494 e. The van der Waals surface area contributed by atoms with Gasteiger partial charge in [0.15, 0.2) is 0 Å². The van der Waals surface area contributed by atoms with Gasteiger partial charge in [0, 0.05) is 25.6 Å². The van der Waals surface area contributed by atoms with Crippen LogP contribution in [0.1, 0.15) is 49.8 Å².